The molecule has 1 unspecified atom stereocenters. The fourth-order valence-corrected chi connectivity index (χ4v) is 4.96. The molecule has 0 bridgehead atoms. The largest absolute Gasteiger partial charge is 0.477 e. The number of thioether (sulfide) groups is 1. The van der Waals surface area contributed by atoms with Crippen LogP contribution in [0.15, 0.2) is 35.5 Å². The van der Waals surface area contributed by atoms with Crippen LogP contribution in [0.5, 0.6) is 0 Å². The van der Waals surface area contributed by atoms with Crippen molar-refractivity contribution in [3.05, 3.63) is 46.1 Å². The number of β-lactam (4-membered cyclic amide) rings is 1. The highest BCUT2D eigenvalue weighted by Gasteiger charge is 2.55. The highest BCUT2D eigenvalue weighted by atomic mass is 35.5. The van der Waals surface area contributed by atoms with Crippen LogP contribution in [-0.4, -0.2) is 68.9 Å². The number of likely N-dealkylation sites (N-methyl/N-ethyl adjacent to an activating group) is 1. The summed E-state index contributed by atoms with van der Waals surface area (Å²) in [6.45, 7) is 4.50. The lowest BCUT2D eigenvalue weighted by Crippen LogP contribution is -2.71. The Bertz CT molecular complexity index is 914. The van der Waals surface area contributed by atoms with Gasteiger partial charge in [-0.1, -0.05) is 23.7 Å². The van der Waals surface area contributed by atoms with Gasteiger partial charge in [-0.05, 0) is 31.5 Å². The van der Waals surface area contributed by atoms with Crippen molar-refractivity contribution in [1.29, 1.82) is 0 Å². The van der Waals surface area contributed by atoms with Crippen molar-refractivity contribution in [3.63, 3.8) is 0 Å². The first-order valence-corrected chi connectivity index (χ1v) is 10.9. The van der Waals surface area contributed by atoms with Crippen molar-refractivity contribution < 1.29 is 24.3 Å². The Labute approximate surface area is 183 Å². The molecule has 2 heterocycles. The van der Waals surface area contributed by atoms with Gasteiger partial charge in [0.25, 0.3) is 11.8 Å². The normalized spacial score (nSPS) is 20.4. The van der Waals surface area contributed by atoms with Gasteiger partial charge in [0.05, 0.1) is 12.0 Å². The predicted octanol–water partition coefficient (Wildman–Crippen LogP) is 1.49. The minimum atomic E-state index is -1.32. The molecule has 3 amide bonds. The molecule has 1 aromatic rings. The Kier molecular flexibility index (Phi) is 6.72. The lowest BCUT2D eigenvalue weighted by atomic mass is 10.0. The number of hydrogen-bond donors (Lipinski definition) is 2. The summed E-state index contributed by atoms with van der Waals surface area (Å²) in [5.74, 6) is -2.42. The molecule has 0 radical (unpaired) electrons. The summed E-state index contributed by atoms with van der Waals surface area (Å²) in [5.41, 5.74) is 0.561. The molecule has 1 fully saturated rings. The zero-order chi connectivity index (χ0) is 22.0. The van der Waals surface area contributed by atoms with E-state index in [-0.39, 0.29) is 35.3 Å². The highest BCUT2D eigenvalue weighted by molar-refractivity contribution is 8.00. The number of carbonyl (C=O) groups excluding carboxylic acids is 3. The van der Waals surface area contributed by atoms with E-state index in [1.165, 1.54) is 16.7 Å². The maximum Gasteiger partial charge on any atom is 0.353 e. The van der Waals surface area contributed by atoms with Crippen molar-refractivity contribution in [2.75, 3.05) is 18.8 Å². The molecule has 10 heteroatoms. The summed E-state index contributed by atoms with van der Waals surface area (Å²) in [4.78, 5) is 52.3. The Balaban J connectivity index is 1.74. The quantitative estimate of drug-likeness (QED) is 0.608. The number of carboxylic acids is 1. The third-order valence-electron chi connectivity index (χ3n) is 5.07. The van der Waals surface area contributed by atoms with Crippen LogP contribution in [0, 0.1) is 0 Å². The van der Waals surface area contributed by atoms with Gasteiger partial charge in [0.15, 0.2) is 0 Å². The van der Waals surface area contributed by atoms with Gasteiger partial charge >= 0.3 is 5.97 Å². The molecule has 0 spiro atoms. The smallest absolute Gasteiger partial charge is 0.353 e. The van der Waals surface area contributed by atoms with Gasteiger partial charge in [-0.2, -0.15) is 0 Å². The number of hydrogen-bond acceptors (Lipinski definition) is 5. The minimum absolute atomic E-state index is 0.0751. The number of fused-ring (bicyclic) bond motifs is 1. The molecule has 160 valence electrons. The fourth-order valence-electron chi connectivity index (χ4n) is 3.50. The van der Waals surface area contributed by atoms with Crippen LogP contribution < -0.4 is 5.32 Å². The number of carboxylic acid groups (broad SMARTS) is 1. The lowest BCUT2D eigenvalue weighted by Gasteiger charge is -2.49. The molecule has 2 aliphatic rings. The average Bonchev–Trinajstić information content (AvgIpc) is 2.73. The molecular formula is C20H22ClN3O5S. The monoisotopic (exact) mass is 451 g/mol. The van der Waals surface area contributed by atoms with Crippen LogP contribution in [0.1, 0.15) is 19.4 Å². The summed E-state index contributed by atoms with van der Waals surface area (Å²) in [5, 5.41) is 12.4. The SMILES string of the molecule is CCN(CC)C(=O)C1=C(C(=O)O)N2C(=O)C(NC(=O)Cc3ccc(Cl)cc3)[C@H]2SC1. The number of aliphatic carboxylic acids is 1. The van der Waals surface area contributed by atoms with Crippen molar-refractivity contribution in [3.8, 4) is 0 Å². The highest BCUT2D eigenvalue weighted by Crippen LogP contribution is 2.40. The minimum Gasteiger partial charge on any atom is -0.477 e. The number of nitrogens with zero attached hydrogens (tertiary/aromatic N) is 2. The average molecular weight is 452 g/mol. The van der Waals surface area contributed by atoms with Gasteiger partial charge in [0, 0.05) is 23.9 Å². The summed E-state index contributed by atoms with van der Waals surface area (Å²) in [6, 6.07) is 5.98. The maximum atomic E-state index is 12.7. The van der Waals surface area contributed by atoms with Gasteiger partial charge in [0.2, 0.25) is 5.91 Å². The Hall–Kier alpha value is -2.52. The first kappa shape index (κ1) is 22.2. The van der Waals surface area contributed by atoms with Crippen LogP contribution >= 0.6 is 23.4 Å². The number of nitrogens with one attached hydrogen (secondary N) is 1. The van der Waals surface area contributed by atoms with E-state index in [1.54, 1.807) is 24.3 Å². The zero-order valence-corrected chi connectivity index (χ0v) is 18.1. The summed E-state index contributed by atoms with van der Waals surface area (Å²) in [6.07, 6.45) is 0.0751. The van der Waals surface area contributed by atoms with E-state index in [4.69, 9.17) is 11.6 Å². The van der Waals surface area contributed by atoms with E-state index in [2.05, 4.69) is 5.32 Å². The van der Waals surface area contributed by atoms with Crippen molar-refractivity contribution in [2.24, 2.45) is 0 Å². The number of rotatable bonds is 7. The number of amides is 3. The van der Waals surface area contributed by atoms with E-state index < -0.39 is 23.3 Å². The number of benzene rings is 1. The van der Waals surface area contributed by atoms with E-state index >= 15 is 0 Å². The maximum absolute atomic E-state index is 12.7. The van der Waals surface area contributed by atoms with E-state index in [1.807, 2.05) is 13.8 Å². The summed E-state index contributed by atoms with van der Waals surface area (Å²) < 4.78 is 0. The third kappa shape index (κ3) is 4.17. The summed E-state index contributed by atoms with van der Waals surface area (Å²) >= 11 is 7.11. The second-order valence-corrected chi connectivity index (χ2v) is 8.41. The molecule has 2 N–H and O–H groups in total. The molecule has 1 saturated heterocycles. The second kappa shape index (κ2) is 9.09. The first-order chi connectivity index (χ1) is 14.3. The van der Waals surface area contributed by atoms with Gasteiger partial charge in [-0.25, -0.2) is 4.79 Å². The third-order valence-corrected chi connectivity index (χ3v) is 6.61. The molecule has 0 saturated carbocycles. The second-order valence-electron chi connectivity index (χ2n) is 6.87. The number of carbonyl (C=O) groups is 4. The summed E-state index contributed by atoms with van der Waals surface area (Å²) in [7, 11) is 0. The Morgan fingerprint density at radius 3 is 2.43 bits per heavy atom. The van der Waals surface area contributed by atoms with Gasteiger partial charge < -0.3 is 15.3 Å². The topological polar surface area (TPSA) is 107 Å². The van der Waals surface area contributed by atoms with Gasteiger partial charge in [-0.3, -0.25) is 19.3 Å². The molecule has 1 aromatic carbocycles. The molecule has 2 atom stereocenters. The van der Waals surface area contributed by atoms with Crippen LogP contribution in [0.4, 0.5) is 0 Å². The van der Waals surface area contributed by atoms with Crippen molar-refractivity contribution in [1.82, 2.24) is 15.1 Å². The van der Waals surface area contributed by atoms with Crippen LogP contribution in [0.2, 0.25) is 5.02 Å². The molecule has 0 aliphatic carbocycles. The van der Waals surface area contributed by atoms with Crippen molar-refractivity contribution in [2.45, 2.75) is 31.7 Å². The molecule has 0 aromatic heterocycles. The molecule has 30 heavy (non-hydrogen) atoms. The molecule has 3 rings (SSSR count). The fraction of sp³-hybridized carbons (Fsp3) is 0.400. The van der Waals surface area contributed by atoms with Crippen LogP contribution in [0.25, 0.3) is 0 Å². The van der Waals surface area contributed by atoms with E-state index in [9.17, 15) is 24.3 Å². The standard InChI is InChI=1S/C20H22ClN3O5S/c1-3-23(4-2)17(26)13-10-30-19-15(18(27)24(19)16(13)20(28)29)22-14(25)9-11-5-7-12(21)8-6-11/h5-8,15,19H,3-4,9-10H2,1-2H3,(H,22,25)(H,28,29)/t15?,19-/m1/s1. The number of halogens is 1. The molecule has 8 nitrogen and oxygen atoms in total. The van der Waals surface area contributed by atoms with Gasteiger partial charge in [-0.15, -0.1) is 11.8 Å². The van der Waals surface area contributed by atoms with E-state index in [0.717, 1.165) is 10.5 Å². The molecule has 2 aliphatic heterocycles. The molecular weight excluding hydrogens is 430 g/mol. The Morgan fingerprint density at radius 2 is 1.87 bits per heavy atom. The van der Waals surface area contributed by atoms with E-state index in [0.29, 0.717) is 18.1 Å². The van der Waals surface area contributed by atoms with Crippen molar-refractivity contribution >= 4 is 47.1 Å². The predicted molar refractivity (Wildman–Crippen MR) is 113 cm³/mol. The van der Waals surface area contributed by atoms with Crippen LogP contribution in [0.3, 0.4) is 0 Å². The first-order valence-electron chi connectivity index (χ1n) is 9.52. The Morgan fingerprint density at radius 1 is 1.23 bits per heavy atom. The zero-order valence-electron chi connectivity index (χ0n) is 16.6. The van der Waals surface area contributed by atoms with Gasteiger partial charge in [0.1, 0.15) is 17.1 Å². The van der Waals surface area contributed by atoms with Crippen LogP contribution in [-0.2, 0) is 25.6 Å². The lowest BCUT2D eigenvalue weighted by molar-refractivity contribution is -0.151.